The van der Waals surface area contributed by atoms with Crippen LogP contribution in [0, 0.1) is 0 Å². The molecule has 3 aromatic rings. The van der Waals surface area contributed by atoms with Crippen LogP contribution in [0.4, 0.5) is 0 Å². The van der Waals surface area contributed by atoms with Crippen molar-refractivity contribution in [1.82, 2.24) is 0 Å². The molecule has 0 saturated heterocycles. The van der Waals surface area contributed by atoms with Gasteiger partial charge in [-0.1, -0.05) is 0 Å². The fraction of sp³-hybridized carbons (Fsp3) is 0.182. The fourth-order valence-electron chi connectivity index (χ4n) is 3.37. The van der Waals surface area contributed by atoms with Crippen molar-refractivity contribution in [2.75, 3.05) is 13.3 Å². The van der Waals surface area contributed by atoms with Crippen LogP contribution in [-0.2, 0) is 11.3 Å². The molecule has 3 aromatic carbocycles. The second-order valence-electron chi connectivity index (χ2n) is 6.15. The topological polar surface area (TPSA) is 9.23 Å². The zero-order valence-electron chi connectivity index (χ0n) is 14.4. The molecule has 124 valence electrons. The van der Waals surface area contributed by atoms with Crippen LogP contribution in [0.2, 0.25) is 0 Å². The molecule has 0 bridgehead atoms. The van der Waals surface area contributed by atoms with Crippen molar-refractivity contribution in [2.45, 2.75) is 13.5 Å². The van der Waals surface area contributed by atoms with Gasteiger partial charge in [-0.2, -0.15) is 0 Å². The number of ether oxygens (including phenoxy) is 1. The van der Waals surface area contributed by atoms with Crippen LogP contribution < -0.4 is 15.9 Å². The minimum absolute atomic E-state index is 0.676. The van der Waals surface area contributed by atoms with Gasteiger partial charge in [-0.05, 0) is 0 Å². The summed E-state index contributed by atoms with van der Waals surface area (Å²) in [6.45, 7) is 5.91. The molecule has 0 heterocycles. The van der Waals surface area contributed by atoms with E-state index < -0.39 is 7.26 Å². The third kappa shape index (κ3) is 3.29. The fourth-order valence-corrected chi connectivity index (χ4v) is 7.27. The maximum atomic E-state index is 5.75. The third-order valence-corrected chi connectivity index (χ3v) is 9.26. The van der Waals surface area contributed by atoms with Crippen molar-refractivity contribution in [3.63, 3.8) is 0 Å². The Hall–Kier alpha value is -1.95. The molecular weight excluding hydrogens is 311 g/mol. The second-order valence-corrected chi connectivity index (χ2v) is 10.1. The first-order valence-electron chi connectivity index (χ1n) is 8.54. The summed E-state index contributed by atoms with van der Waals surface area (Å²) >= 11 is 0. The molecule has 24 heavy (non-hydrogen) atoms. The van der Waals surface area contributed by atoms with Crippen LogP contribution in [0.1, 0.15) is 12.5 Å². The van der Waals surface area contributed by atoms with Gasteiger partial charge < -0.3 is 0 Å². The monoisotopic (exact) mass is 336 g/mol. The van der Waals surface area contributed by atoms with Crippen molar-refractivity contribution in [3.05, 3.63) is 90.5 Å². The van der Waals surface area contributed by atoms with Gasteiger partial charge in [-0.25, -0.2) is 0 Å². The molecule has 0 fully saturated rings. The van der Waals surface area contributed by atoms with Gasteiger partial charge in [-0.15, -0.1) is 0 Å². The molecule has 0 atom stereocenters. The van der Waals surface area contributed by atoms with E-state index in [1.807, 2.05) is 6.92 Å². The van der Waals surface area contributed by atoms with Crippen LogP contribution in [0.15, 0.2) is 84.9 Å². The summed E-state index contributed by atoms with van der Waals surface area (Å²) in [4.78, 5) is 0. The van der Waals surface area contributed by atoms with Crippen molar-refractivity contribution in [3.8, 4) is 0 Å². The quantitative estimate of drug-likeness (QED) is 0.621. The molecule has 1 nitrogen and oxygen atoms in total. The first-order valence-corrected chi connectivity index (χ1v) is 11.0. The van der Waals surface area contributed by atoms with Crippen molar-refractivity contribution in [2.24, 2.45) is 0 Å². The van der Waals surface area contributed by atoms with Crippen molar-refractivity contribution < 1.29 is 4.74 Å². The summed E-state index contributed by atoms with van der Waals surface area (Å²) in [6, 6.07) is 30.6. The molecule has 0 saturated carbocycles. The Labute approximate surface area is 145 Å². The normalized spacial score (nSPS) is 12.1. The average Bonchev–Trinajstić information content (AvgIpc) is 2.67. The van der Waals surface area contributed by atoms with E-state index in [4.69, 9.17) is 4.74 Å². The van der Waals surface area contributed by atoms with Crippen LogP contribution in [0.3, 0.4) is 0 Å². The SMILES string of the molecule is CCOCc1ccccc1[PH](C)(c1ccccc1)c1ccccc1. The Morgan fingerprint density at radius 3 is 1.75 bits per heavy atom. The summed E-state index contributed by atoms with van der Waals surface area (Å²) in [5, 5.41) is 4.30. The molecule has 0 unspecified atom stereocenters. The second kappa shape index (κ2) is 7.75. The van der Waals surface area contributed by atoms with Crippen molar-refractivity contribution in [1.29, 1.82) is 0 Å². The number of rotatable bonds is 6. The molecule has 0 aliphatic heterocycles. The van der Waals surface area contributed by atoms with Gasteiger partial charge >= 0.3 is 145 Å². The molecule has 0 N–H and O–H groups in total. The van der Waals surface area contributed by atoms with Crippen LogP contribution in [0.5, 0.6) is 0 Å². The van der Waals surface area contributed by atoms with E-state index in [-0.39, 0.29) is 0 Å². The summed E-state index contributed by atoms with van der Waals surface area (Å²) in [6.07, 6.45) is 0. The first kappa shape index (κ1) is 16.9. The Balaban J connectivity index is 2.20. The third-order valence-electron chi connectivity index (χ3n) is 4.72. The predicted octanol–water partition coefficient (Wildman–Crippen LogP) is 3.88. The summed E-state index contributed by atoms with van der Waals surface area (Å²) in [5.74, 6) is 0. The Kier molecular flexibility index (Phi) is 5.45. The molecular formula is C22H25OP. The van der Waals surface area contributed by atoms with Gasteiger partial charge in [0.05, 0.1) is 0 Å². The number of hydrogen-bond acceptors (Lipinski definition) is 1. The van der Waals surface area contributed by atoms with Gasteiger partial charge in [0.15, 0.2) is 0 Å². The maximum absolute atomic E-state index is 5.75. The van der Waals surface area contributed by atoms with Gasteiger partial charge in [0, 0.05) is 0 Å². The summed E-state index contributed by atoms with van der Waals surface area (Å²) in [7, 11) is -2.05. The number of hydrogen-bond donors (Lipinski definition) is 0. The van der Waals surface area contributed by atoms with E-state index in [1.165, 1.54) is 21.5 Å². The molecule has 0 aliphatic carbocycles. The zero-order chi connectivity index (χ0) is 16.8. The van der Waals surface area contributed by atoms with E-state index in [0.29, 0.717) is 6.61 Å². The Morgan fingerprint density at radius 1 is 0.708 bits per heavy atom. The van der Waals surface area contributed by atoms with Gasteiger partial charge in [0.2, 0.25) is 0 Å². The van der Waals surface area contributed by atoms with Gasteiger partial charge in [-0.3, -0.25) is 0 Å². The first-order chi connectivity index (χ1) is 11.8. The van der Waals surface area contributed by atoms with Gasteiger partial charge in [0.25, 0.3) is 0 Å². The minimum atomic E-state index is -2.05. The molecule has 3 rings (SSSR count). The molecule has 0 radical (unpaired) electrons. The van der Waals surface area contributed by atoms with E-state index >= 15 is 0 Å². The van der Waals surface area contributed by atoms with Crippen LogP contribution >= 0.6 is 7.26 Å². The Bertz CT molecular complexity index is 729. The molecule has 0 spiro atoms. The standard InChI is InChI=1S/C22H25OP/c1-3-23-18-19-12-10-11-17-22(19)24(2,20-13-6-4-7-14-20)21-15-8-5-9-16-21/h4-17,24H,3,18H2,1-2H3. The molecule has 2 heteroatoms. The number of benzene rings is 3. The molecule has 0 aliphatic rings. The van der Waals surface area contributed by atoms with Crippen molar-refractivity contribution >= 4 is 23.2 Å². The van der Waals surface area contributed by atoms with Crippen LogP contribution in [0.25, 0.3) is 0 Å². The van der Waals surface area contributed by atoms with E-state index in [1.54, 1.807) is 0 Å². The zero-order valence-corrected chi connectivity index (χ0v) is 15.4. The van der Waals surface area contributed by atoms with E-state index in [9.17, 15) is 0 Å². The molecule has 0 amide bonds. The molecule has 0 aromatic heterocycles. The van der Waals surface area contributed by atoms with E-state index in [0.717, 1.165) is 6.61 Å². The predicted molar refractivity (Wildman–Crippen MR) is 108 cm³/mol. The van der Waals surface area contributed by atoms with Crippen LogP contribution in [-0.4, -0.2) is 13.3 Å². The summed E-state index contributed by atoms with van der Waals surface area (Å²) in [5.41, 5.74) is 1.31. The Morgan fingerprint density at radius 2 is 1.21 bits per heavy atom. The van der Waals surface area contributed by atoms with E-state index in [2.05, 4.69) is 91.6 Å². The average molecular weight is 336 g/mol. The van der Waals surface area contributed by atoms with Gasteiger partial charge in [0.1, 0.15) is 0 Å². The summed E-state index contributed by atoms with van der Waals surface area (Å²) < 4.78 is 5.75.